The van der Waals surface area contributed by atoms with Crippen LogP contribution in [-0.4, -0.2) is 11.0 Å². The van der Waals surface area contributed by atoms with Crippen LogP contribution in [0.1, 0.15) is 12.5 Å². The molecule has 0 saturated carbocycles. The van der Waals surface area contributed by atoms with E-state index in [0.29, 0.717) is 0 Å². The monoisotopic (exact) mass is 261 g/mol. The molecule has 0 N–H and O–H groups in total. The van der Waals surface area contributed by atoms with Gasteiger partial charge in [-0.25, -0.2) is 0 Å². The number of nitrogens with zero attached hydrogens (tertiary/aromatic N) is 1. The molecule has 3 rings (SSSR count). The van der Waals surface area contributed by atoms with Crippen LogP contribution in [0.25, 0.3) is 15.8 Å². The molecule has 2 aromatic rings. The van der Waals surface area contributed by atoms with Crippen molar-refractivity contribution in [3.8, 4) is 0 Å². The van der Waals surface area contributed by atoms with Crippen LogP contribution in [0.3, 0.4) is 0 Å². The van der Waals surface area contributed by atoms with Gasteiger partial charge in [-0.1, -0.05) is 30.4 Å². The van der Waals surface area contributed by atoms with E-state index < -0.39 is 0 Å². The molecule has 1 nitrogen and oxygen atoms in total. The van der Waals surface area contributed by atoms with Crippen molar-refractivity contribution in [1.29, 1.82) is 0 Å². The number of hydrogen-bond acceptors (Lipinski definition) is 2. The van der Waals surface area contributed by atoms with Crippen LogP contribution >= 0.6 is 23.1 Å². The second-order valence-corrected chi connectivity index (χ2v) is 5.44. The highest BCUT2D eigenvalue weighted by Crippen LogP contribution is 2.36. The lowest BCUT2D eigenvalue weighted by Crippen LogP contribution is -2.14. The average Bonchev–Trinajstić information content (AvgIpc) is 2.73. The van der Waals surface area contributed by atoms with Gasteiger partial charge in [-0.2, -0.15) is 0 Å². The fourth-order valence-electron chi connectivity index (χ4n) is 2.19. The van der Waals surface area contributed by atoms with Crippen molar-refractivity contribution in [3.63, 3.8) is 0 Å². The predicted octanol–water partition coefficient (Wildman–Crippen LogP) is 4.66. The van der Waals surface area contributed by atoms with Crippen LogP contribution in [0.2, 0.25) is 0 Å². The Hall–Kier alpha value is -1.25. The summed E-state index contributed by atoms with van der Waals surface area (Å²) in [5.74, 6) is 0. The van der Waals surface area contributed by atoms with Crippen LogP contribution in [0.15, 0.2) is 47.4 Å². The number of halogens is 1. The first-order valence-electron chi connectivity index (χ1n) is 5.54. The number of fused-ring (bicyclic) bond motifs is 1. The first-order chi connectivity index (χ1) is 8.27. The first kappa shape index (κ1) is 10.9. The van der Waals surface area contributed by atoms with Gasteiger partial charge in [-0.15, -0.1) is 11.3 Å². The number of hydrogen-bond donors (Lipinski definition) is 0. The zero-order valence-electron chi connectivity index (χ0n) is 9.48. The molecule has 17 heavy (non-hydrogen) atoms. The van der Waals surface area contributed by atoms with E-state index in [0.717, 1.165) is 12.2 Å². The highest BCUT2D eigenvalue weighted by Gasteiger charge is 2.17. The fourth-order valence-corrected chi connectivity index (χ4v) is 3.44. The molecular formula is C14H12ClNS. The molecule has 0 atom stereocenters. The smallest absolute Gasteiger partial charge is 0.0642 e. The largest absolute Gasteiger partial charge is 0.281 e. The van der Waals surface area contributed by atoms with Gasteiger partial charge < -0.3 is 0 Å². The standard InChI is InChI=1S/C14H12ClNS/c1-10-5-4-8-16(15)14(10)12-9-17-13-7-3-2-6-11(12)13/h2-7,9H,8H2,1H3. The molecule has 0 spiro atoms. The second-order valence-electron chi connectivity index (χ2n) is 4.12. The average molecular weight is 262 g/mol. The van der Waals surface area contributed by atoms with E-state index in [1.807, 2.05) is 0 Å². The van der Waals surface area contributed by atoms with E-state index >= 15 is 0 Å². The quantitative estimate of drug-likeness (QED) is 0.675. The first-order valence-corrected chi connectivity index (χ1v) is 6.76. The minimum Gasteiger partial charge on any atom is -0.281 e. The predicted molar refractivity (Wildman–Crippen MR) is 76.1 cm³/mol. The van der Waals surface area contributed by atoms with E-state index in [1.54, 1.807) is 15.8 Å². The van der Waals surface area contributed by atoms with Crippen molar-refractivity contribution in [2.75, 3.05) is 6.54 Å². The van der Waals surface area contributed by atoms with Gasteiger partial charge in [-0.3, -0.25) is 4.42 Å². The van der Waals surface area contributed by atoms with E-state index in [2.05, 4.69) is 48.7 Å². The van der Waals surface area contributed by atoms with E-state index in [4.69, 9.17) is 11.8 Å². The lowest BCUT2D eigenvalue weighted by atomic mass is 10.0. The summed E-state index contributed by atoms with van der Waals surface area (Å²) in [5.41, 5.74) is 3.59. The summed E-state index contributed by atoms with van der Waals surface area (Å²) in [7, 11) is 0. The van der Waals surface area contributed by atoms with Crippen LogP contribution in [-0.2, 0) is 0 Å². The zero-order chi connectivity index (χ0) is 11.8. The minimum atomic E-state index is 0.762. The molecule has 86 valence electrons. The fraction of sp³-hybridized carbons (Fsp3) is 0.143. The molecule has 0 bridgehead atoms. The third-order valence-electron chi connectivity index (χ3n) is 2.99. The number of rotatable bonds is 1. The van der Waals surface area contributed by atoms with Gasteiger partial charge in [0.05, 0.1) is 12.2 Å². The zero-order valence-corrected chi connectivity index (χ0v) is 11.1. The van der Waals surface area contributed by atoms with Gasteiger partial charge in [0.15, 0.2) is 0 Å². The Balaban J connectivity index is 2.24. The Morgan fingerprint density at radius 2 is 2.12 bits per heavy atom. The van der Waals surface area contributed by atoms with Crippen molar-refractivity contribution < 1.29 is 0 Å². The van der Waals surface area contributed by atoms with Gasteiger partial charge >= 0.3 is 0 Å². The van der Waals surface area contributed by atoms with Crippen molar-refractivity contribution >= 4 is 38.9 Å². The van der Waals surface area contributed by atoms with Crippen molar-refractivity contribution in [2.24, 2.45) is 0 Å². The summed E-state index contributed by atoms with van der Waals surface area (Å²) in [6.45, 7) is 2.87. The van der Waals surface area contributed by atoms with Gasteiger partial charge in [0.1, 0.15) is 0 Å². The van der Waals surface area contributed by atoms with Crippen molar-refractivity contribution in [3.05, 3.63) is 52.9 Å². The molecule has 0 radical (unpaired) electrons. The Bertz CT molecular complexity index is 624. The Morgan fingerprint density at radius 3 is 2.94 bits per heavy atom. The minimum absolute atomic E-state index is 0.762. The lowest BCUT2D eigenvalue weighted by molar-refractivity contribution is 0.693. The van der Waals surface area contributed by atoms with Gasteiger partial charge in [-0.05, 0) is 18.6 Å². The van der Waals surface area contributed by atoms with Gasteiger partial charge in [0.25, 0.3) is 0 Å². The van der Waals surface area contributed by atoms with Crippen LogP contribution in [0, 0.1) is 0 Å². The molecule has 0 amide bonds. The van der Waals surface area contributed by atoms with E-state index in [9.17, 15) is 0 Å². The molecule has 0 unspecified atom stereocenters. The SMILES string of the molecule is CC1=C(c2csc3ccccc23)N(Cl)CC=C1. The Morgan fingerprint density at radius 1 is 1.29 bits per heavy atom. The molecule has 1 aliphatic heterocycles. The number of benzene rings is 1. The van der Waals surface area contributed by atoms with Crippen molar-refractivity contribution in [2.45, 2.75) is 6.92 Å². The number of allylic oxidation sites excluding steroid dienone is 2. The van der Waals surface area contributed by atoms with E-state index in [1.165, 1.54) is 21.2 Å². The Kier molecular flexibility index (Phi) is 2.69. The molecule has 0 saturated heterocycles. The molecule has 0 aliphatic carbocycles. The maximum Gasteiger partial charge on any atom is 0.0642 e. The Labute approximate surface area is 110 Å². The summed E-state index contributed by atoms with van der Waals surface area (Å²) in [6.07, 6.45) is 4.22. The van der Waals surface area contributed by atoms with Gasteiger partial charge in [0, 0.05) is 32.8 Å². The maximum absolute atomic E-state index is 6.30. The highest BCUT2D eigenvalue weighted by atomic mass is 35.5. The summed E-state index contributed by atoms with van der Waals surface area (Å²) in [5, 5.41) is 3.48. The van der Waals surface area contributed by atoms with Crippen LogP contribution in [0.4, 0.5) is 0 Å². The van der Waals surface area contributed by atoms with Gasteiger partial charge in [0.2, 0.25) is 0 Å². The number of thiophene rings is 1. The molecule has 0 fully saturated rings. The molecule has 1 aromatic heterocycles. The lowest BCUT2D eigenvalue weighted by Gasteiger charge is -2.23. The normalized spacial score (nSPS) is 16.0. The molecule has 2 heterocycles. The molecule has 1 aliphatic rings. The second kappa shape index (κ2) is 4.21. The molecular weight excluding hydrogens is 250 g/mol. The third kappa shape index (κ3) is 1.78. The summed E-state index contributed by atoms with van der Waals surface area (Å²) >= 11 is 8.07. The molecule has 1 aromatic carbocycles. The molecule has 3 heteroatoms. The summed E-state index contributed by atoms with van der Waals surface area (Å²) in [4.78, 5) is 0. The summed E-state index contributed by atoms with van der Waals surface area (Å²) < 4.78 is 3.10. The topological polar surface area (TPSA) is 3.24 Å². The van der Waals surface area contributed by atoms with Crippen molar-refractivity contribution in [1.82, 2.24) is 4.42 Å². The van der Waals surface area contributed by atoms with Crippen LogP contribution < -0.4 is 0 Å². The maximum atomic E-state index is 6.30. The third-order valence-corrected chi connectivity index (χ3v) is 4.26. The van der Waals surface area contributed by atoms with Crippen LogP contribution in [0.5, 0.6) is 0 Å². The van der Waals surface area contributed by atoms with E-state index in [-0.39, 0.29) is 0 Å². The highest BCUT2D eigenvalue weighted by molar-refractivity contribution is 7.17. The summed E-state index contributed by atoms with van der Waals surface area (Å²) in [6, 6.07) is 8.45.